The Labute approximate surface area is 230 Å². The molecule has 3 aromatic rings. The first kappa shape index (κ1) is 25.2. The number of rotatable bonds is 4. The zero-order valence-electron chi connectivity index (χ0n) is 23.9. The highest BCUT2D eigenvalue weighted by Crippen LogP contribution is 2.47. The number of benzene rings is 3. The molecule has 0 amide bonds. The molecule has 3 aromatic carbocycles. The van der Waals surface area contributed by atoms with E-state index in [4.69, 9.17) is 0 Å². The first-order valence-electron chi connectivity index (χ1n) is 14.7. The summed E-state index contributed by atoms with van der Waals surface area (Å²) >= 11 is 0. The number of hydrogen-bond acceptors (Lipinski definition) is 0. The van der Waals surface area contributed by atoms with Gasteiger partial charge < -0.3 is 0 Å². The minimum Gasteiger partial charge on any atom is -0.0753 e. The second kappa shape index (κ2) is 9.57. The molecule has 0 bridgehead atoms. The van der Waals surface area contributed by atoms with Gasteiger partial charge in [-0.15, -0.1) is 0 Å². The van der Waals surface area contributed by atoms with Crippen LogP contribution in [0.1, 0.15) is 106 Å². The van der Waals surface area contributed by atoms with Crippen LogP contribution in [0.15, 0.2) is 90.5 Å². The van der Waals surface area contributed by atoms with E-state index in [0.29, 0.717) is 5.92 Å². The molecule has 1 unspecified atom stereocenters. The molecule has 1 saturated carbocycles. The van der Waals surface area contributed by atoms with Gasteiger partial charge in [-0.3, -0.25) is 0 Å². The van der Waals surface area contributed by atoms with Crippen molar-refractivity contribution in [3.8, 4) is 11.1 Å². The lowest BCUT2D eigenvalue weighted by Crippen LogP contribution is -2.17. The topological polar surface area (TPSA) is 0 Å². The molecule has 1 atom stereocenters. The predicted molar refractivity (Wildman–Crippen MR) is 164 cm³/mol. The fourth-order valence-electron chi connectivity index (χ4n) is 6.99. The van der Waals surface area contributed by atoms with Crippen LogP contribution in [0.3, 0.4) is 0 Å². The Hall–Kier alpha value is -3.12. The summed E-state index contributed by atoms with van der Waals surface area (Å²) in [5, 5.41) is 0. The lowest BCUT2D eigenvalue weighted by atomic mass is 9.77. The van der Waals surface area contributed by atoms with Crippen LogP contribution in [0.2, 0.25) is 0 Å². The van der Waals surface area contributed by atoms with Crippen LogP contribution in [0.4, 0.5) is 0 Å². The first-order chi connectivity index (χ1) is 18.2. The van der Waals surface area contributed by atoms with Gasteiger partial charge in [-0.1, -0.05) is 132 Å². The van der Waals surface area contributed by atoms with E-state index in [2.05, 4.69) is 120 Å². The summed E-state index contributed by atoms with van der Waals surface area (Å²) in [4.78, 5) is 0. The van der Waals surface area contributed by atoms with Crippen LogP contribution in [0.5, 0.6) is 0 Å². The van der Waals surface area contributed by atoms with E-state index in [-0.39, 0.29) is 10.8 Å². The van der Waals surface area contributed by atoms with E-state index in [9.17, 15) is 0 Å². The highest BCUT2D eigenvalue weighted by Gasteiger charge is 2.31. The quantitative estimate of drug-likeness (QED) is 0.245. The van der Waals surface area contributed by atoms with Crippen LogP contribution in [0.25, 0.3) is 16.7 Å². The summed E-state index contributed by atoms with van der Waals surface area (Å²) in [5.74, 6) is 0.315. The van der Waals surface area contributed by atoms with Gasteiger partial charge in [0.2, 0.25) is 0 Å². The minimum absolute atomic E-state index is 0.0669. The van der Waals surface area contributed by atoms with Crippen LogP contribution in [-0.2, 0) is 17.3 Å². The number of hydrogen-bond donors (Lipinski definition) is 0. The van der Waals surface area contributed by atoms with Crippen molar-refractivity contribution in [3.63, 3.8) is 0 Å². The largest absolute Gasteiger partial charge is 0.0753 e. The van der Waals surface area contributed by atoms with Crippen molar-refractivity contribution in [2.45, 2.75) is 89.9 Å². The average molecular weight is 499 g/mol. The summed E-state index contributed by atoms with van der Waals surface area (Å²) in [6, 6.07) is 23.0. The molecule has 0 aromatic heterocycles. The van der Waals surface area contributed by atoms with E-state index in [1.807, 2.05) is 0 Å². The molecule has 0 N–H and O–H groups in total. The number of allylic oxidation sites excluding steroid dienone is 6. The monoisotopic (exact) mass is 498 g/mol. The van der Waals surface area contributed by atoms with Crippen molar-refractivity contribution >= 4 is 5.57 Å². The molecule has 3 aliphatic rings. The summed E-state index contributed by atoms with van der Waals surface area (Å²) in [7, 11) is 0. The van der Waals surface area contributed by atoms with E-state index >= 15 is 0 Å². The molecule has 0 radical (unpaired) electrons. The Morgan fingerprint density at radius 3 is 2.26 bits per heavy atom. The van der Waals surface area contributed by atoms with Crippen molar-refractivity contribution in [2.24, 2.45) is 0 Å². The fraction of sp³-hybridized carbons (Fsp3) is 0.368. The van der Waals surface area contributed by atoms with E-state index in [0.717, 1.165) is 6.42 Å². The van der Waals surface area contributed by atoms with Gasteiger partial charge in [0.15, 0.2) is 0 Å². The lowest BCUT2D eigenvalue weighted by Gasteiger charge is -2.27. The van der Waals surface area contributed by atoms with Crippen molar-refractivity contribution in [3.05, 3.63) is 124 Å². The molecule has 0 heteroatoms. The van der Waals surface area contributed by atoms with Gasteiger partial charge in [0.05, 0.1) is 0 Å². The molecular weight excluding hydrogens is 456 g/mol. The van der Waals surface area contributed by atoms with Crippen molar-refractivity contribution in [2.75, 3.05) is 0 Å². The molecule has 3 aliphatic carbocycles. The summed E-state index contributed by atoms with van der Waals surface area (Å²) in [6.45, 7) is 11.9. The van der Waals surface area contributed by atoms with Gasteiger partial charge in [0.25, 0.3) is 0 Å². The van der Waals surface area contributed by atoms with Gasteiger partial charge in [0, 0.05) is 11.3 Å². The van der Waals surface area contributed by atoms with Crippen molar-refractivity contribution in [1.82, 2.24) is 0 Å². The Bertz CT molecular complexity index is 1440. The SMILES string of the molecule is CC(C)(C)c1ccc2c(c1C1C=CC(c3ccccc3)=C1)Cc1cc(C(C)(C)C=C3CCCCC3)ccc1-2. The number of fused-ring (bicyclic) bond motifs is 3. The third-order valence-corrected chi connectivity index (χ3v) is 9.02. The molecule has 1 fully saturated rings. The standard InChI is InChI=1S/C38H42/c1-37(2,3)35-21-20-33-32-19-18-31(38(4,5)25-26-12-8-6-9-13-26)23-30(32)24-34(33)36(35)29-17-16-28(22-29)27-14-10-7-11-15-27/h7,10-11,14-23,25,29H,6,8-9,12-13,24H2,1-5H3. The Morgan fingerprint density at radius 2 is 1.53 bits per heavy atom. The normalized spacial score (nSPS) is 18.8. The zero-order valence-corrected chi connectivity index (χ0v) is 23.9. The highest BCUT2D eigenvalue weighted by atomic mass is 14.4. The highest BCUT2D eigenvalue weighted by molar-refractivity contribution is 5.82. The fourth-order valence-corrected chi connectivity index (χ4v) is 6.99. The molecule has 194 valence electrons. The molecule has 0 saturated heterocycles. The van der Waals surface area contributed by atoms with Gasteiger partial charge in [-0.2, -0.15) is 0 Å². The van der Waals surface area contributed by atoms with E-state index in [1.165, 1.54) is 82.2 Å². The van der Waals surface area contributed by atoms with E-state index in [1.54, 1.807) is 5.57 Å². The molecular formula is C38H42. The molecule has 0 spiro atoms. The average Bonchev–Trinajstić information content (AvgIpc) is 3.53. The van der Waals surface area contributed by atoms with Gasteiger partial charge >= 0.3 is 0 Å². The molecule has 38 heavy (non-hydrogen) atoms. The first-order valence-corrected chi connectivity index (χ1v) is 14.7. The van der Waals surface area contributed by atoms with Crippen molar-refractivity contribution < 1.29 is 0 Å². The molecule has 0 heterocycles. The predicted octanol–water partition coefficient (Wildman–Crippen LogP) is 10.5. The smallest absolute Gasteiger partial charge is 0.0217 e. The second-order valence-electron chi connectivity index (χ2n) is 13.3. The molecule has 0 nitrogen and oxygen atoms in total. The van der Waals surface area contributed by atoms with Crippen LogP contribution in [-0.4, -0.2) is 0 Å². The Morgan fingerprint density at radius 1 is 0.789 bits per heavy atom. The van der Waals surface area contributed by atoms with Gasteiger partial charge in [-0.25, -0.2) is 0 Å². The maximum atomic E-state index is 2.58. The Kier molecular flexibility index (Phi) is 6.34. The minimum atomic E-state index is 0.0669. The third-order valence-electron chi connectivity index (χ3n) is 9.02. The van der Waals surface area contributed by atoms with E-state index < -0.39 is 0 Å². The Balaban J connectivity index is 1.40. The summed E-state index contributed by atoms with van der Waals surface area (Å²) < 4.78 is 0. The van der Waals surface area contributed by atoms with Gasteiger partial charge in [0.1, 0.15) is 0 Å². The maximum absolute atomic E-state index is 2.58. The molecule has 6 rings (SSSR count). The second-order valence-corrected chi connectivity index (χ2v) is 13.3. The van der Waals surface area contributed by atoms with Crippen molar-refractivity contribution in [1.29, 1.82) is 0 Å². The summed E-state index contributed by atoms with van der Waals surface area (Å²) in [5.41, 5.74) is 14.8. The van der Waals surface area contributed by atoms with Crippen LogP contribution in [0, 0.1) is 0 Å². The molecule has 0 aliphatic heterocycles. The lowest BCUT2D eigenvalue weighted by molar-refractivity contribution is 0.576. The maximum Gasteiger partial charge on any atom is 0.0217 e. The third kappa shape index (κ3) is 4.64. The van der Waals surface area contributed by atoms with Crippen LogP contribution < -0.4 is 0 Å². The zero-order chi connectivity index (χ0) is 26.5. The van der Waals surface area contributed by atoms with Gasteiger partial charge in [-0.05, 0) is 87.6 Å². The summed E-state index contributed by atoms with van der Waals surface area (Å²) in [6.07, 6.45) is 17.5. The van der Waals surface area contributed by atoms with Crippen LogP contribution >= 0.6 is 0 Å².